The van der Waals surface area contributed by atoms with Crippen molar-refractivity contribution >= 4 is 6.29 Å². The lowest BCUT2D eigenvalue weighted by Gasteiger charge is -2.16. The van der Waals surface area contributed by atoms with Crippen molar-refractivity contribution in [1.29, 1.82) is 0 Å². The lowest BCUT2D eigenvalue weighted by Crippen LogP contribution is -2.21. The molecular formula is C9H4F6O2. The van der Waals surface area contributed by atoms with Crippen molar-refractivity contribution in [3.63, 3.8) is 0 Å². The van der Waals surface area contributed by atoms with E-state index >= 15 is 0 Å². The molecule has 0 unspecified atom stereocenters. The minimum Gasteiger partial charge on any atom is -0.404 e. The Morgan fingerprint density at radius 2 is 1.65 bits per heavy atom. The Kier molecular flexibility index (Phi) is 3.35. The van der Waals surface area contributed by atoms with Gasteiger partial charge in [-0.25, -0.2) is 0 Å². The maximum Gasteiger partial charge on any atom is 0.573 e. The van der Waals surface area contributed by atoms with Gasteiger partial charge in [0, 0.05) is 0 Å². The van der Waals surface area contributed by atoms with E-state index in [0.717, 1.165) is 12.1 Å². The second-order valence-corrected chi connectivity index (χ2v) is 2.89. The first-order valence-electron chi connectivity index (χ1n) is 4.06. The fourth-order valence-corrected chi connectivity index (χ4v) is 1.10. The molecular weight excluding hydrogens is 254 g/mol. The first kappa shape index (κ1) is 13.3. The Balaban J connectivity index is 3.36. The van der Waals surface area contributed by atoms with Gasteiger partial charge in [-0.2, -0.15) is 13.2 Å². The molecule has 0 radical (unpaired) electrons. The third-order valence-electron chi connectivity index (χ3n) is 1.70. The highest BCUT2D eigenvalue weighted by Crippen LogP contribution is 2.39. The molecule has 1 aromatic carbocycles. The second-order valence-electron chi connectivity index (χ2n) is 2.89. The highest BCUT2D eigenvalue weighted by molar-refractivity contribution is 5.80. The molecule has 0 heterocycles. The summed E-state index contributed by atoms with van der Waals surface area (Å²) in [4.78, 5) is 10.4. The van der Waals surface area contributed by atoms with Gasteiger partial charge in [0.1, 0.15) is 0 Å². The van der Waals surface area contributed by atoms with Crippen molar-refractivity contribution in [3.05, 3.63) is 29.3 Å². The van der Waals surface area contributed by atoms with E-state index in [9.17, 15) is 31.1 Å². The predicted octanol–water partition coefficient (Wildman–Crippen LogP) is 3.42. The molecule has 0 atom stereocenters. The summed E-state index contributed by atoms with van der Waals surface area (Å²) in [6, 6.07) is 2.01. The third-order valence-corrected chi connectivity index (χ3v) is 1.70. The van der Waals surface area contributed by atoms with Crippen LogP contribution < -0.4 is 4.74 Å². The molecule has 0 saturated heterocycles. The first-order chi connectivity index (χ1) is 7.65. The number of benzene rings is 1. The van der Waals surface area contributed by atoms with E-state index in [2.05, 4.69) is 4.74 Å². The maximum atomic E-state index is 12.4. The molecule has 1 aromatic rings. The monoisotopic (exact) mass is 258 g/mol. The number of ether oxygens (including phenoxy) is 1. The summed E-state index contributed by atoms with van der Waals surface area (Å²) in [5, 5.41) is 0. The Bertz CT molecular complexity index is 420. The smallest absolute Gasteiger partial charge is 0.404 e. The normalized spacial score (nSPS) is 12.4. The van der Waals surface area contributed by atoms with Crippen molar-refractivity contribution in [2.24, 2.45) is 0 Å². The van der Waals surface area contributed by atoms with Crippen LogP contribution in [0.15, 0.2) is 18.2 Å². The molecule has 0 aliphatic rings. The number of hydrogen-bond acceptors (Lipinski definition) is 2. The SMILES string of the molecule is O=Cc1cccc(C(F)(F)F)c1OC(F)(F)F. The fraction of sp³-hybridized carbons (Fsp3) is 0.222. The van der Waals surface area contributed by atoms with Gasteiger partial charge in [0.05, 0.1) is 11.1 Å². The molecule has 17 heavy (non-hydrogen) atoms. The molecule has 8 heteroatoms. The fourth-order valence-electron chi connectivity index (χ4n) is 1.10. The van der Waals surface area contributed by atoms with Crippen LogP contribution in [0, 0.1) is 0 Å². The minimum absolute atomic E-state index is 0.143. The first-order valence-corrected chi connectivity index (χ1v) is 4.06. The van der Waals surface area contributed by atoms with Crippen LogP contribution in [0.25, 0.3) is 0 Å². The number of rotatable bonds is 2. The quantitative estimate of drug-likeness (QED) is 0.600. The Labute approximate surface area is 90.8 Å². The van der Waals surface area contributed by atoms with E-state index in [1.165, 1.54) is 0 Å². The molecule has 0 bridgehead atoms. The summed E-state index contributed by atoms with van der Waals surface area (Å²) in [5.74, 6) is -1.54. The van der Waals surface area contributed by atoms with Gasteiger partial charge in [0.15, 0.2) is 12.0 Å². The van der Waals surface area contributed by atoms with E-state index in [1.807, 2.05) is 0 Å². The van der Waals surface area contributed by atoms with Gasteiger partial charge >= 0.3 is 12.5 Å². The van der Waals surface area contributed by atoms with Crippen molar-refractivity contribution < 1.29 is 35.9 Å². The topological polar surface area (TPSA) is 26.3 Å². The molecule has 2 nitrogen and oxygen atoms in total. The summed E-state index contributed by atoms with van der Waals surface area (Å²) in [6.07, 6.45) is -10.5. The number of carbonyl (C=O) groups excluding carboxylic acids is 1. The van der Waals surface area contributed by atoms with Crippen molar-refractivity contribution in [2.45, 2.75) is 12.5 Å². The van der Waals surface area contributed by atoms with Crippen LogP contribution in [0.3, 0.4) is 0 Å². The number of para-hydroxylation sites is 1. The molecule has 0 fully saturated rings. The third kappa shape index (κ3) is 3.36. The van der Waals surface area contributed by atoms with E-state index in [4.69, 9.17) is 0 Å². The van der Waals surface area contributed by atoms with Gasteiger partial charge in [-0.1, -0.05) is 6.07 Å². The number of carbonyl (C=O) groups is 1. The van der Waals surface area contributed by atoms with Crippen LogP contribution in [0.5, 0.6) is 5.75 Å². The number of hydrogen-bond donors (Lipinski definition) is 0. The van der Waals surface area contributed by atoms with E-state index in [0.29, 0.717) is 6.07 Å². The summed E-state index contributed by atoms with van der Waals surface area (Å²) in [7, 11) is 0. The van der Waals surface area contributed by atoms with Gasteiger partial charge in [-0.3, -0.25) is 4.79 Å². The summed E-state index contributed by atoms with van der Waals surface area (Å²) < 4.78 is 76.1. The maximum absolute atomic E-state index is 12.4. The molecule has 1 rings (SSSR count). The van der Waals surface area contributed by atoms with Gasteiger partial charge in [-0.15, -0.1) is 13.2 Å². The van der Waals surface area contributed by atoms with Crippen molar-refractivity contribution in [3.8, 4) is 5.75 Å². The van der Waals surface area contributed by atoms with Crippen molar-refractivity contribution in [2.75, 3.05) is 0 Å². The van der Waals surface area contributed by atoms with E-state index in [-0.39, 0.29) is 6.29 Å². The molecule has 0 saturated carbocycles. The van der Waals surface area contributed by atoms with Crippen LogP contribution in [0.4, 0.5) is 26.3 Å². The van der Waals surface area contributed by atoms with Crippen molar-refractivity contribution in [1.82, 2.24) is 0 Å². The zero-order valence-corrected chi connectivity index (χ0v) is 7.89. The molecule has 0 aromatic heterocycles. The molecule has 0 amide bonds. The average molecular weight is 258 g/mol. The largest absolute Gasteiger partial charge is 0.573 e. The predicted molar refractivity (Wildman–Crippen MR) is 43.5 cm³/mol. The van der Waals surface area contributed by atoms with Crippen LogP contribution in [0.2, 0.25) is 0 Å². The average Bonchev–Trinajstić information content (AvgIpc) is 2.13. The zero-order chi connectivity index (χ0) is 13.3. The molecule has 0 N–H and O–H groups in total. The highest BCUT2D eigenvalue weighted by atomic mass is 19.4. The summed E-state index contributed by atoms with van der Waals surface area (Å²) in [5.41, 5.74) is -2.48. The summed E-state index contributed by atoms with van der Waals surface area (Å²) in [6.45, 7) is 0. The molecule has 94 valence electrons. The number of aldehydes is 1. The van der Waals surface area contributed by atoms with Crippen LogP contribution in [0.1, 0.15) is 15.9 Å². The van der Waals surface area contributed by atoms with Gasteiger partial charge in [0.2, 0.25) is 0 Å². The van der Waals surface area contributed by atoms with Gasteiger partial charge < -0.3 is 4.74 Å². The Morgan fingerprint density at radius 1 is 1.06 bits per heavy atom. The lowest BCUT2D eigenvalue weighted by molar-refractivity contribution is -0.276. The standard InChI is InChI=1S/C9H4F6O2/c10-8(11,12)6-3-1-2-5(4-16)7(6)17-9(13,14)15/h1-4H. The van der Waals surface area contributed by atoms with E-state index in [1.54, 1.807) is 0 Å². The van der Waals surface area contributed by atoms with Crippen LogP contribution in [-0.2, 0) is 6.18 Å². The van der Waals surface area contributed by atoms with Gasteiger partial charge in [0.25, 0.3) is 0 Å². The molecule has 0 aliphatic heterocycles. The minimum atomic E-state index is -5.31. The Hall–Kier alpha value is -1.73. The lowest BCUT2D eigenvalue weighted by atomic mass is 10.1. The zero-order valence-electron chi connectivity index (χ0n) is 7.89. The summed E-state index contributed by atoms with van der Waals surface area (Å²) >= 11 is 0. The number of alkyl halides is 6. The highest BCUT2D eigenvalue weighted by Gasteiger charge is 2.40. The Morgan fingerprint density at radius 3 is 2.06 bits per heavy atom. The van der Waals surface area contributed by atoms with Crippen LogP contribution >= 0.6 is 0 Å². The molecule has 0 spiro atoms. The molecule has 0 aliphatic carbocycles. The second kappa shape index (κ2) is 4.27. The van der Waals surface area contributed by atoms with E-state index < -0.39 is 29.4 Å². The van der Waals surface area contributed by atoms with Gasteiger partial charge in [-0.05, 0) is 12.1 Å². The number of halogens is 6. The van der Waals surface area contributed by atoms with Crippen LogP contribution in [-0.4, -0.2) is 12.6 Å².